The molecule has 0 aliphatic heterocycles. The van der Waals surface area contributed by atoms with Gasteiger partial charge in [0.05, 0.1) is 0 Å². The van der Waals surface area contributed by atoms with Gasteiger partial charge < -0.3 is 0 Å². The Kier molecular flexibility index (Phi) is 21.6. The van der Waals surface area contributed by atoms with Gasteiger partial charge in [0.15, 0.2) is 67.2 Å². The molecule has 0 saturated carbocycles. The fourth-order valence-corrected chi connectivity index (χ4v) is 38.2. The first-order chi connectivity index (χ1) is 61.4. The van der Waals surface area contributed by atoms with Crippen LogP contribution in [-0.4, -0.2) is 62.2 Å². The van der Waals surface area contributed by atoms with E-state index in [1.807, 2.05) is 0 Å². The van der Waals surface area contributed by atoms with Crippen molar-refractivity contribution in [3.05, 3.63) is 510 Å². The van der Waals surface area contributed by atoms with E-state index in [2.05, 4.69) is 510 Å². The van der Waals surface area contributed by atoms with Crippen LogP contribution >= 0.6 is 0 Å². The predicted octanol–water partition coefficient (Wildman–Crippen LogP) is 15.2. The average Bonchev–Trinajstić information content (AvgIpc) is 0.829. The van der Waals surface area contributed by atoms with Crippen molar-refractivity contribution in [1.29, 1.82) is 0 Å². The second-order valence-corrected chi connectivity index (χ2v) is 46.7. The lowest BCUT2D eigenvalue weighted by molar-refractivity contribution is 1.07. The summed E-state index contributed by atoms with van der Waals surface area (Å²) in [7, 11) is -12.0. The molecule has 2 aromatic heterocycles. The second-order valence-electron chi connectivity index (χ2n) is 31.5. The van der Waals surface area contributed by atoms with Gasteiger partial charge in [0.25, 0.3) is 0 Å². The molecule has 0 N–H and O–H groups in total. The van der Waals surface area contributed by atoms with Gasteiger partial charge in [-0.2, -0.15) is 0 Å². The molecule has 0 amide bonds. The fourth-order valence-electron chi connectivity index (χ4n) is 19.0. The van der Waals surface area contributed by atoms with Gasteiger partial charge in [0, 0.05) is 33.4 Å². The standard InChI is InChI=1S/C114H84N6Si4/c1-13-45-93(46-14-1)121(94-47-15-2-16-48-94,95-49-17-3-18-50-95)105-69-37-41-89(81-105)111-115-109(116-112(119-111)90-42-38-70-106(82-90)122(96-51-19-4-20-52-96,97-53-21-5-22-54-97)98-55-23-6-24-56-98)87-77-73-85(74-78-87)86-75-79-88(80-76-86)110-117-113(91-43-39-71-107(83-91)123(99-57-25-7-26-58-99,100-59-27-8-28-60-100)101-61-29-9-30-62-101)120-114(118-110)92-44-40-72-108(84-92)124(102-63-31-10-32-64-102,103-65-33-11-34-66-103)104-67-35-12-36-68-104/h1-84H. The molecular weight excluding hydrogens is 1570 g/mol. The van der Waals surface area contributed by atoms with Crippen LogP contribution in [0.1, 0.15) is 0 Å². The molecule has 0 bridgehead atoms. The van der Waals surface area contributed by atoms with Gasteiger partial charge in [-0.25, -0.2) is 29.9 Å². The molecule has 0 spiro atoms. The Hall–Kier alpha value is -15.2. The van der Waals surface area contributed by atoms with Crippen molar-refractivity contribution in [3.63, 3.8) is 0 Å². The molecule has 20 aromatic rings. The zero-order valence-electron chi connectivity index (χ0n) is 68.2. The Labute approximate surface area is 728 Å². The molecule has 0 fully saturated rings. The third kappa shape index (κ3) is 14.3. The van der Waals surface area contributed by atoms with E-state index in [1.165, 1.54) is 83.0 Å². The minimum Gasteiger partial charge on any atom is -0.208 e. The SMILES string of the molecule is c1ccc([Si](c2ccccc2)(c2ccccc2)c2cccc(-c3nc(-c4ccc(-c5ccc(-c6nc(-c7cccc([Si](c8ccccc8)(c8ccccc8)c8ccccc8)c7)nc(-c7cccc([Si](c8ccccc8)(c8ccccc8)c8ccccc8)c7)n6)cc5)cc4)nc(-c4cccc([Si](c5ccccc5)(c5ccccc5)c5ccccc5)c4)n3)c2)cc1. The summed E-state index contributed by atoms with van der Waals surface area (Å²) in [5, 5.41) is 20.3. The average molecular weight is 1650 g/mol. The van der Waals surface area contributed by atoms with Crippen molar-refractivity contribution in [2.24, 2.45) is 0 Å². The van der Waals surface area contributed by atoms with Gasteiger partial charge in [-0.3, -0.25) is 0 Å². The summed E-state index contributed by atoms with van der Waals surface area (Å²) in [5.41, 5.74) is 7.33. The summed E-state index contributed by atoms with van der Waals surface area (Å²) in [5.74, 6) is 3.44. The molecule has 2 heterocycles. The van der Waals surface area contributed by atoms with Crippen LogP contribution in [-0.2, 0) is 0 Å². The van der Waals surface area contributed by atoms with Crippen molar-refractivity contribution in [1.82, 2.24) is 29.9 Å². The van der Waals surface area contributed by atoms with E-state index in [4.69, 9.17) is 29.9 Å². The minimum absolute atomic E-state index is 0.562. The molecule has 124 heavy (non-hydrogen) atoms. The maximum absolute atomic E-state index is 5.62. The maximum atomic E-state index is 5.62. The first-order valence-electron chi connectivity index (χ1n) is 42.3. The summed E-state index contributed by atoms with van der Waals surface area (Å²) in [6.45, 7) is 0. The molecule has 0 aliphatic carbocycles. The van der Waals surface area contributed by atoms with E-state index < -0.39 is 32.3 Å². The van der Waals surface area contributed by atoms with Crippen molar-refractivity contribution in [3.8, 4) is 79.5 Å². The van der Waals surface area contributed by atoms with Gasteiger partial charge in [0.1, 0.15) is 0 Å². The third-order valence-electron chi connectivity index (χ3n) is 24.6. The fraction of sp³-hybridized carbons (Fsp3) is 0. The lowest BCUT2D eigenvalue weighted by Crippen LogP contribution is -2.74. The third-order valence-corrected chi connectivity index (χ3v) is 43.7. The van der Waals surface area contributed by atoms with Crippen LogP contribution < -0.4 is 83.0 Å². The van der Waals surface area contributed by atoms with Gasteiger partial charge in [-0.15, -0.1) is 0 Å². The second kappa shape index (κ2) is 34.5. The highest BCUT2D eigenvalue weighted by Crippen LogP contribution is 2.32. The van der Waals surface area contributed by atoms with E-state index in [9.17, 15) is 0 Å². The molecule has 18 aromatic carbocycles. The summed E-state index contributed by atoms with van der Waals surface area (Å²) in [6, 6.07) is 186. The molecule has 0 aliphatic rings. The molecule has 0 unspecified atom stereocenters. The monoisotopic (exact) mass is 1650 g/mol. The summed E-state index contributed by atoms with van der Waals surface area (Å²) in [6.07, 6.45) is 0. The van der Waals surface area contributed by atoms with Gasteiger partial charge in [-0.05, 0) is 94.1 Å². The number of benzene rings is 18. The number of hydrogen-bond acceptors (Lipinski definition) is 6. The van der Waals surface area contributed by atoms with E-state index in [0.717, 1.165) is 44.5 Å². The predicted molar refractivity (Wildman–Crippen MR) is 526 cm³/mol. The van der Waals surface area contributed by atoms with Crippen LogP contribution in [0.4, 0.5) is 0 Å². The van der Waals surface area contributed by atoms with Gasteiger partial charge >= 0.3 is 0 Å². The normalized spacial score (nSPS) is 11.7. The molecule has 0 radical (unpaired) electrons. The largest absolute Gasteiger partial charge is 0.208 e. The first kappa shape index (κ1) is 77.5. The van der Waals surface area contributed by atoms with Crippen LogP contribution in [0, 0.1) is 0 Å². The summed E-state index contributed by atoms with van der Waals surface area (Å²) in [4.78, 5) is 33.5. The topological polar surface area (TPSA) is 77.3 Å². The van der Waals surface area contributed by atoms with Crippen LogP contribution in [0.5, 0.6) is 0 Å². The van der Waals surface area contributed by atoms with Crippen LogP contribution in [0.25, 0.3) is 79.5 Å². The highest BCUT2D eigenvalue weighted by Gasteiger charge is 2.46. The highest BCUT2D eigenvalue weighted by molar-refractivity contribution is 7.22. The van der Waals surface area contributed by atoms with E-state index >= 15 is 0 Å². The first-order valence-corrected chi connectivity index (χ1v) is 50.3. The van der Waals surface area contributed by atoms with E-state index in [1.54, 1.807) is 0 Å². The lowest BCUT2D eigenvalue weighted by atomic mass is 10.0. The Balaban J connectivity index is 0.723. The van der Waals surface area contributed by atoms with E-state index in [0.29, 0.717) is 34.9 Å². The van der Waals surface area contributed by atoms with Crippen molar-refractivity contribution >= 4 is 115 Å². The number of aromatic nitrogens is 6. The Bertz CT molecular complexity index is 5850. The van der Waals surface area contributed by atoms with Crippen molar-refractivity contribution in [2.75, 3.05) is 0 Å². The highest BCUT2D eigenvalue weighted by atomic mass is 28.3. The van der Waals surface area contributed by atoms with Crippen molar-refractivity contribution < 1.29 is 0 Å². The summed E-state index contributed by atoms with van der Waals surface area (Å²) >= 11 is 0. The molecule has 10 heteroatoms. The number of hydrogen-bond donors (Lipinski definition) is 0. The number of nitrogens with zero attached hydrogens (tertiary/aromatic N) is 6. The van der Waals surface area contributed by atoms with Crippen LogP contribution in [0.3, 0.4) is 0 Å². The quantitative estimate of drug-likeness (QED) is 0.0469. The molecule has 586 valence electrons. The molecule has 0 atom stereocenters. The Morgan fingerprint density at radius 3 is 0.363 bits per heavy atom. The number of rotatable bonds is 23. The van der Waals surface area contributed by atoms with Crippen LogP contribution in [0.15, 0.2) is 510 Å². The molecule has 20 rings (SSSR count). The molecule has 0 saturated heterocycles. The van der Waals surface area contributed by atoms with Crippen molar-refractivity contribution in [2.45, 2.75) is 0 Å². The Morgan fingerprint density at radius 2 is 0.218 bits per heavy atom. The van der Waals surface area contributed by atoms with Gasteiger partial charge in [0.2, 0.25) is 0 Å². The summed E-state index contributed by atoms with van der Waals surface area (Å²) < 4.78 is 0. The zero-order chi connectivity index (χ0) is 83.0. The van der Waals surface area contributed by atoms with E-state index in [-0.39, 0.29) is 0 Å². The lowest BCUT2D eigenvalue weighted by Gasteiger charge is -2.34. The minimum atomic E-state index is -2.99. The van der Waals surface area contributed by atoms with Gasteiger partial charge in [-0.1, -0.05) is 510 Å². The smallest absolute Gasteiger partial charge is 0.179 e. The van der Waals surface area contributed by atoms with Crippen LogP contribution in [0.2, 0.25) is 0 Å². The Morgan fingerprint density at radius 1 is 0.0968 bits per heavy atom. The molecular formula is C114H84N6Si4. The zero-order valence-corrected chi connectivity index (χ0v) is 72.2. The maximum Gasteiger partial charge on any atom is 0.179 e. The molecule has 6 nitrogen and oxygen atoms in total.